The average molecular weight is 418 g/mol. The number of methoxy groups -OCH3 is 2. The number of aliphatic hydroxyl groups excluding tert-OH is 1. The maximum absolute atomic E-state index is 12.9. The lowest BCUT2D eigenvalue weighted by Gasteiger charge is -2.13. The van der Waals surface area contributed by atoms with Gasteiger partial charge in [-0.3, -0.25) is 9.59 Å². The van der Waals surface area contributed by atoms with E-state index < -0.39 is 23.8 Å². The van der Waals surface area contributed by atoms with Crippen molar-refractivity contribution in [3.05, 3.63) is 35.2 Å². The Labute approximate surface area is 174 Å². The van der Waals surface area contributed by atoms with Crippen molar-refractivity contribution in [2.24, 2.45) is 0 Å². The highest BCUT2D eigenvalue weighted by Crippen LogP contribution is 2.39. The van der Waals surface area contributed by atoms with Crippen molar-refractivity contribution in [2.75, 3.05) is 27.4 Å². The van der Waals surface area contributed by atoms with Crippen LogP contribution in [0.1, 0.15) is 40.4 Å². The summed E-state index contributed by atoms with van der Waals surface area (Å²) < 4.78 is 15.8. The lowest BCUT2D eigenvalue weighted by atomic mass is 9.97. The molecule has 30 heavy (non-hydrogen) atoms. The molecule has 162 valence electrons. The van der Waals surface area contributed by atoms with E-state index in [4.69, 9.17) is 14.2 Å². The number of ketones is 1. The number of aromatic nitrogens is 1. The molecule has 1 aromatic carbocycles. The molecule has 0 spiro atoms. The Morgan fingerprint density at radius 3 is 2.47 bits per heavy atom. The van der Waals surface area contributed by atoms with E-state index in [1.54, 1.807) is 32.0 Å². The summed E-state index contributed by atoms with van der Waals surface area (Å²) in [6.07, 6.45) is -0.816. The molecule has 9 heteroatoms. The first kappa shape index (κ1) is 23.0. The molecule has 0 saturated carbocycles. The molecule has 0 bridgehead atoms. The molecule has 0 aliphatic rings. The minimum atomic E-state index is -0.915. The summed E-state index contributed by atoms with van der Waals surface area (Å²) >= 11 is 0. The normalized spacial score (nSPS) is 11.5. The number of aromatic amines is 1. The second-order valence-corrected chi connectivity index (χ2v) is 6.55. The van der Waals surface area contributed by atoms with Gasteiger partial charge in [0.2, 0.25) is 0 Å². The van der Waals surface area contributed by atoms with Gasteiger partial charge in [-0.2, -0.15) is 0 Å². The number of hydrogen-bond acceptors (Lipinski definition) is 7. The van der Waals surface area contributed by atoms with Gasteiger partial charge >= 0.3 is 5.97 Å². The number of H-pyrrole nitrogens is 1. The summed E-state index contributed by atoms with van der Waals surface area (Å²) in [6.45, 7) is 4.81. The van der Waals surface area contributed by atoms with E-state index >= 15 is 0 Å². The number of rotatable bonds is 9. The van der Waals surface area contributed by atoms with Crippen LogP contribution in [0.3, 0.4) is 0 Å². The fourth-order valence-electron chi connectivity index (χ4n) is 2.96. The highest BCUT2D eigenvalue weighted by atomic mass is 16.5. The van der Waals surface area contributed by atoms with Crippen LogP contribution in [0.4, 0.5) is 0 Å². The number of carbonyl (C=O) groups excluding carboxylic acids is 3. The van der Waals surface area contributed by atoms with Crippen LogP contribution in [0.15, 0.2) is 18.2 Å². The third kappa shape index (κ3) is 4.80. The van der Waals surface area contributed by atoms with Crippen LogP contribution in [0, 0.1) is 6.92 Å². The van der Waals surface area contributed by atoms with Crippen molar-refractivity contribution in [3.63, 3.8) is 0 Å². The van der Waals surface area contributed by atoms with Gasteiger partial charge in [0.15, 0.2) is 0 Å². The number of hydrogen-bond donors (Lipinski definition) is 3. The fraction of sp³-hybridized carbons (Fsp3) is 0.381. The van der Waals surface area contributed by atoms with Crippen LogP contribution >= 0.6 is 0 Å². The first-order chi connectivity index (χ1) is 14.2. The van der Waals surface area contributed by atoms with Gasteiger partial charge in [-0.05, 0) is 32.9 Å². The van der Waals surface area contributed by atoms with Crippen LogP contribution in [-0.2, 0) is 9.53 Å². The molecule has 0 aliphatic heterocycles. The minimum absolute atomic E-state index is 0.0814. The second-order valence-electron chi connectivity index (χ2n) is 6.55. The van der Waals surface area contributed by atoms with Crippen LogP contribution in [0.25, 0.3) is 11.1 Å². The second kappa shape index (κ2) is 9.93. The Morgan fingerprint density at radius 2 is 1.90 bits per heavy atom. The third-order valence-electron chi connectivity index (χ3n) is 4.34. The SMILES string of the molecule is CCOC(=O)c1c(C)[nH]c(C(=O)C(=O)NC[C@H](C)O)c1-c1ccc(OC)cc1OC. The summed E-state index contributed by atoms with van der Waals surface area (Å²) in [5, 5.41) is 11.7. The molecule has 1 atom stereocenters. The molecule has 1 aromatic heterocycles. The number of aryl methyl sites for hydroxylation is 1. The Morgan fingerprint density at radius 1 is 1.20 bits per heavy atom. The zero-order chi connectivity index (χ0) is 22.4. The van der Waals surface area contributed by atoms with E-state index in [9.17, 15) is 19.5 Å². The third-order valence-corrected chi connectivity index (χ3v) is 4.34. The van der Waals surface area contributed by atoms with E-state index in [0.29, 0.717) is 22.8 Å². The largest absolute Gasteiger partial charge is 0.497 e. The van der Waals surface area contributed by atoms with Crippen LogP contribution in [-0.4, -0.2) is 61.2 Å². The zero-order valence-electron chi connectivity index (χ0n) is 17.6. The number of aliphatic hydroxyl groups is 1. The zero-order valence-corrected chi connectivity index (χ0v) is 17.6. The summed E-state index contributed by atoms with van der Waals surface area (Å²) in [4.78, 5) is 40.7. The van der Waals surface area contributed by atoms with Crippen molar-refractivity contribution in [1.82, 2.24) is 10.3 Å². The van der Waals surface area contributed by atoms with Crippen molar-refractivity contribution in [3.8, 4) is 22.6 Å². The first-order valence-electron chi connectivity index (χ1n) is 9.37. The fourth-order valence-corrected chi connectivity index (χ4v) is 2.96. The number of benzene rings is 1. The maximum atomic E-state index is 12.9. The van der Waals surface area contributed by atoms with Gasteiger partial charge in [-0.1, -0.05) is 0 Å². The van der Waals surface area contributed by atoms with Gasteiger partial charge in [-0.15, -0.1) is 0 Å². The van der Waals surface area contributed by atoms with Crippen LogP contribution in [0.5, 0.6) is 11.5 Å². The van der Waals surface area contributed by atoms with Gasteiger partial charge in [0.05, 0.1) is 32.5 Å². The molecule has 0 fully saturated rings. The van der Waals surface area contributed by atoms with Gasteiger partial charge in [0.1, 0.15) is 17.2 Å². The molecule has 2 rings (SSSR count). The minimum Gasteiger partial charge on any atom is -0.497 e. The molecule has 3 N–H and O–H groups in total. The predicted octanol–water partition coefficient (Wildman–Crippen LogP) is 1.86. The number of esters is 1. The molecule has 0 radical (unpaired) electrons. The first-order valence-corrected chi connectivity index (χ1v) is 9.37. The highest BCUT2D eigenvalue weighted by molar-refractivity contribution is 6.44. The van der Waals surface area contributed by atoms with Gasteiger partial charge < -0.3 is 29.6 Å². The molecular formula is C21H26N2O7. The number of nitrogens with one attached hydrogen (secondary N) is 2. The lowest BCUT2D eigenvalue weighted by Crippen LogP contribution is -2.36. The Balaban J connectivity index is 2.68. The van der Waals surface area contributed by atoms with Gasteiger partial charge in [-0.25, -0.2) is 4.79 Å². The molecule has 0 aliphatic carbocycles. The van der Waals surface area contributed by atoms with E-state index in [-0.39, 0.29) is 30.0 Å². The molecule has 1 heterocycles. The lowest BCUT2D eigenvalue weighted by molar-refractivity contribution is -0.117. The standard InChI is InChI=1S/C21H26N2O7/c1-6-30-21(27)16-12(3)23-18(19(25)20(26)22-10-11(2)24)17(16)14-8-7-13(28-4)9-15(14)29-5/h7-9,11,23-24H,6,10H2,1-5H3,(H,22,26)/t11-/m0/s1. The van der Waals surface area contributed by atoms with Gasteiger partial charge in [0, 0.05) is 29.4 Å². The highest BCUT2D eigenvalue weighted by Gasteiger charge is 2.31. The molecule has 0 unspecified atom stereocenters. The Bertz CT molecular complexity index is 947. The predicted molar refractivity (Wildman–Crippen MR) is 109 cm³/mol. The maximum Gasteiger partial charge on any atom is 0.340 e. The van der Waals surface area contributed by atoms with E-state index in [1.165, 1.54) is 21.1 Å². The van der Waals surface area contributed by atoms with E-state index in [1.807, 2.05) is 0 Å². The van der Waals surface area contributed by atoms with Crippen molar-refractivity contribution < 1.29 is 33.7 Å². The number of ether oxygens (including phenoxy) is 3. The van der Waals surface area contributed by atoms with Crippen molar-refractivity contribution in [2.45, 2.75) is 26.9 Å². The smallest absolute Gasteiger partial charge is 0.340 e. The van der Waals surface area contributed by atoms with Crippen LogP contribution < -0.4 is 14.8 Å². The molecule has 9 nitrogen and oxygen atoms in total. The van der Waals surface area contributed by atoms with E-state index in [0.717, 1.165) is 0 Å². The summed E-state index contributed by atoms with van der Waals surface area (Å²) in [6, 6.07) is 4.89. The molecule has 2 aromatic rings. The monoisotopic (exact) mass is 418 g/mol. The summed E-state index contributed by atoms with van der Waals surface area (Å²) in [5.41, 5.74) is 1.03. The molecule has 0 saturated heterocycles. The number of Topliss-reactive ketones (excluding diaryl/α,β-unsaturated/α-hetero) is 1. The van der Waals surface area contributed by atoms with Crippen LogP contribution in [0.2, 0.25) is 0 Å². The van der Waals surface area contributed by atoms with E-state index in [2.05, 4.69) is 10.3 Å². The Hall–Kier alpha value is -3.33. The quantitative estimate of drug-likeness (QED) is 0.322. The summed E-state index contributed by atoms with van der Waals surface area (Å²) in [5.74, 6) is -1.58. The van der Waals surface area contributed by atoms with Crippen molar-refractivity contribution >= 4 is 17.7 Å². The Kier molecular flexibility index (Phi) is 7.60. The molecule has 1 amide bonds. The number of carbonyl (C=O) groups is 3. The average Bonchev–Trinajstić information content (AvgIpc) is 3.07. The molecular weight excluding hydrogens is 392 g/mol. The number of amides is 1. The summed E-state index contributed by atoms with van der Waals surface area (Å²) in [7, 11) is 2.94. The van der Waals surface area contributed by atoms with Gasteiger partial charge in [0.25, 0.3) is 11.7 Å². The topological polar surface area (TPSA) is 127 Å². The van der Waals surface area contributed by atoms with Crippen molar-refractivity contribution in [1.29, 1.82) is 0 Å².